The van der Waals surface area contributed by atoms with Crippen LogP contribution in [-0.2, 0) is 0 Å². The number of hydrogen-bond acceptors (Lipinski definition) is 3. The highest BCUT2D eigenvalue weighted by molar-refractivity contribution is 6.02. The first-order chi connectivity index (χ1) is 12.1. The molecule has 2 aromatic carbocycles. The Morgan fingerprint density at radius 3 is 2.40 bits per heavy atom. The fourth-order valence-electron chi connectivity index (χ4n) is 2.44. The Kier molecular flexibility index (Phi) is 4.62. The maximum atomic E-state index is 12.3. The van der Waals surface area contributed by atoms with Gasteiger partial charge in [-0.25, -0.2) is 4.98 Å². The van der Waals surface area contributed by atoms with E-state index in [9.17, 15) is 4.79 Å². The van der Waals surface area contributed by atoms with Gasteiger partial charge in [0.15, 0.2) is 0 Å². The summed E-state index contributed by atoms with van der Waals surface area (Å²) in [5, 5.41) is 11.7. The first-order valence-electron chi connectivity index (χ1n) is 8.02. The molecule has 1 N–H and O–H groups in total. The van der Waals surface area contributed by atoms with E-state index in [-0.39, 0.29) is 5.91 Å². The first-order valence-corrected chi connectivity index (χ1v) is 8.02. The van der Waals surface area contributed by atoms with Crippen molar-refractivity contribution in [2.45, 2.75) is 19.8 Å². The highest BCUT2D eigenvalue weighted by Gasteiger charge is 2.11. The van der Waals surface area contributed by atoms with Gasteiger partial charge in [0, 0.05) is 17.6 Å². The molecule has 0 saturated heterocycles. The predicted molar refractivity (Wildman–Crippen MR) is 96.8 cm³/mol. The number of benzene rings is 2. The number of carbonyl (C=O) groups is 1. The second-order valence-electron chi connectivity index (χ2n) is 6.06. The zero-order chi connectivity index (χ0) is 17.8. The van der Waals surface area contributed by atoms with E-state index in [1.54, 1.807) is 29.2 Å². The molecule has 3 aromatic rings. The third-order valence-corrected chi connectivity index (χ3v) is 3.94. The summed E-state index contributed by atoms with van der Waals surface area (Å²) >= 11 is 0. The predicted octanol–water partition coefficient (Wildman–Crippen LogP) is 4.12. The maximum Gasteiger partial charge on any atom is 0.275 e. The number of carbonyl (C=O) groups excluding carboxylic acids is 1. The average molecular weight is 330 g/mol. The van der Waals surface area contributed by atoms with Crippen LogP contribution in [0.15, 0.2) is 61.1 Å². The third kappa shape index (κ3) is 3.75. The Morgan fingerprint density at radius 2 is 1.80 bits per heavy atom. The standard InChI is InChI=1S/C20H18N4O/c1-14(2)16-5-7-17(8-6-16)23-20(25)19-12-24(13-22-19)18-9-3-15(11-21)4-10-18/h3-10,12-14H,1-2H3,(H,23,25). The Hall–Kier alpha value is -3.39. The Balaban J connectivity index is 1.72. The van der Waals surface area contributed by atoms with E-state index in [2.05, 4.69) is 30.2 Å². The molecule has 0 fully saturated rings. The second-order valence-corrected chi connectivity index (χ2v) is 6.06. The normalized spacial score (nSPS) is 10.5. The largest absolute Gasteiger partial charge is 0.321 e. The highest BCUT2D eigenvalue weighted by atomic mass is 16.1. The van der Waals surface area contributed by atoms with Crippen LogP contribution < -0.4 is 5.32 Å². The van der Waals surface area contributed by atoms with Crippen molar-refractivity contribution >= 4 is 11.6 Å². The molecule has 0 radical (unpaired) electrons. The van der Waals surface area contributed by atoms with Crippen molar-refractivity contribution in [1.82, 2.24) is 9.55 Å². The molecule has 0 aliphatic rings. The molecule has 0 atom stereocenters. The summed E-state index contributed by atoms with van der Waals surface area (Å²) in [5.74, 6) is 0.192. The van der Waals surface area contributed by atoms with Crippen molar-refractivity contribution in [3.63, 3.8) is 0 Å². The van der Waals surface area contributed by atoms with Crippen LogP contribution >= 0.6 is 0 Å². The van der Waals surface area contributed by atoms with Crippen molar-refractivity contribution in [1.29, 1.82) is 5.26 Å². The Morgan fingerprint density at radius 1 is 1.12 bits per heavy atom. The monoisotopic (exact) mass is 330 g/mol. The molecule has 0 aliphatic carbocycles. The molecule has 0 unspecified atom stereocenters. The summed E-state index contributed by atoms with van der Waals surface area (Å²) in [5.41, 5.74) is 3.72. The number of anilines is 1. The average Bonchev–Trinajstić information content (AvgIpc) is 3.12. The quantitative estimate of drug-likeness (QED) is 0.782. The fraction of sp³-hybridized carbons (Fsp3) is 0.150. The minimum Gasteiger partial charge on any atom is -0.321 e. The smallest absolute Gasteiger partial charge is 0.275 e. The van der Waals surface area contributed by atoms with Gasteiger partial charge in [-0.1, -0.05) is 26.0 Å². The van der Waals surface area contributed by atoms with Crippen LogP contribution in [0, 0.1) is 11.3 Å². The lowest BCUT2D eigenvalue weighted by atomic mass is 10.0. The van der Waals surface area contributed by atoms with Gasteiger partial charge in [0.05, 0.1) is 11.6 Å². The van der Waals surface area contributed by atoms with Crippen molar-refractivity contribution < 1.29 is 4.79 Å². The van der Waals surface area contributed by atoms with E-state index >= 15 is 0 Å². The lowest BCUT2D eigenvalue weighted by molar-refractivity contribution is 0.102. The molecule has 0 bridgehead atoms. The Bertz CT molecular complexity index is 916. The van der Waals surface area contributed by atoms with Crippen molar-refractivity contribution in [3.8, 4) is 11.8 Å². The van der Waals surface area contributed by atoms with Gasteiger partial charge in [-0.2, -0.15) is 5.26 Å². The number of amides is 1. The number of nitriles is 1. The van der Waals surface area contributed by atoms with Gasteiger partial charge in [0.2, 0.25) is 0 Å². The molecule has 3 rings (SSSR count). The number of nitrogens with one attached hydrogen (secondary N) is 1. The second kappa shape index (κ2) is 7.02. The molecule has 5 nitrogen and oxygen atoms in total. The molecule has 1 amide bonds. The summed E-state index contributed by atoms with van der Waals surface area (Å²) in [6.07, 6.45) is 3.25. The van der Waals surface area contributed by atoms with Crippen LogP contribution in [0.5, 0.6) is 0 Å². The lowest BCUT2D eigenvalue weighted by Gasteiger charge is -2.07. The fourth-order valence-corrected chi connectivity index (χ4v) is 2.44. The van der Waals surface area contributed by atoms with Gasteiger partial charge in [0.1, 0.15) is 12.0 Å². The van der Waals surface area contributed by atoms with Gasteiger partial charge in [-0.15, -0.1) is 0 Å². The van der Waals surface area contributed by atoms with Gasteiger partial charge in [0.25, 0.3) is 5.91 Å². The number of nitrogens with zero attached hydrogens (tertiary/aromatic N) is 3. The molecular weight excluding hydrogens is 312 g/mol. The van der Waals surface area contributed by atoms with Gasteiger partial charge < -0.3 is 9.88 Å². The summed E-state index contributed by atoms with van der Waals surface area (Å²) in [6, 6.07) is 17.0. The zero-order valence-corrected chi connectivity index (χ0v) is 14.1. The topological polar surface area (TPSA) is 70.7 Å². The van der Waals surface area contributed by atoms with E-state index in [1.807, 2.05) is 36.4 Å². The summed E-state index contributed by atoms with van der Waals surface area (Å²) < 4.78 is 1.75. The van der Waals surface area contributed by atoms with Crippen LogP contribution in [-0.4, -0.2) is 15.5 Å². The number of imidazole rings is 1. The van der Waals surface area contributed by atoms with Crippen LogP contribution in [0.1, 0.15) is 41.4 Å². The van der Waals surface area contributed by atoms with Crippen LogP contribution in [0.2, 0.25) is 0 Å². The van der Waals surface area contributed by atoms with Crippen molar-refractivity contribution in [2.75, 3.05) is 5.32 Å². The third-order valence-electron chi connectivity index (χ3n) is 3.94. The Labute approximate surface area is 146 Å². The van der Waals surface area contributed by atoms with E-state index < -0.39 is 0 Å². The molecule has 0 aliphatic heterocycles. The molecule has 0 saturated carbocycles. The SMILES string of the molecule is CC(C)c1ccc(NC(=O)c2cn(-c3ccc(C#N)cc3)cn2)cc1. The van der Waals surface area contributed by atoms with Gasteiger partial charge in [-0.05, 0) is 47.9 Å². The summed E-state index contributed by atoms with van der Waals surface area (Å²) in [4.78, 5) is 16.5. The molecule has 124 valence electrons. The lowest BCUT2D eigenvalue weighted by Crippen LogP contribution is -2.12. The summed E-state index contributed by atoms with van der Waals surface area (Å²) in [7, 11) is 0. The molecular formula is C20H18N4O. The minimum absolute atomic E-state index is 0.260. The molecule has 0 spiro atoms. The maximum absolute atomic E-state index is 12.3. The van der Waals surface area contributed by atoms with Crippen molar-refractivity contribution in [3.05, 3.63) is 77.9 Å². The van der Waals surface area contributed by atoms with E-state index in [0.717, 1.165) is 11.4 Å². The van der Waals surface area contributed by atoms with Crippen LogP contribution in [0.3, 0.4) is 0 Å². The zero-order valence-electron chi connectivity index (χ0n) is 14.1. The van der Waals surface area contributed by atoms with Crippen molar-refractivity contribution in [2.24, 2.45) is 0 Å². The number of aromatic nitrogens is 2. The number of rotatable bonds is 4. The highest BCUT2D eigenvalue weighted by Crippen LogP contribution is 2.18. The molecule has 5 heteroatoms. The van der Waals surface area contributed by atoms with E-state index in [4.69, 9.17) is 5.26 Å². The first kappa shape index (κ1) is 16.5. The van der Waals surface area contributed by atoms with Gasteiger partial charge >= 0.3 is 0 Å². The number of hydrogen-bond donors (Lipinski definition) is 1. The molecule has 1 heterocycles. The van der Waals surface area contributed by atoms with Gasteiger partial charge in [-0.3, -0.25) is 4.79 Å². The van der Waals surface area contributed by atoms with E-state index in [1.165, 1.54) is 5.56 Å². The summed E-state index contributed by atoms with van der Waals surface area (Å²) in [6.45, 7) is 4.26. The van der Waals surface area contributed by atoms with E-state index in [0.29, 0.717) is 17.2 Å². The van der Waals surface area contributed by atoms with Crippen LogP contribution in [0.4, 0.5) is 5.69 Å². The molecule has 1 aromatic heterocycles. The van der Waals surface area contributed by atoms with Crippen LogP contribution in [0.25, 0.3) is 5.69 Å². The minimum atomic E-state index is -0.260. The molecule has 25 heavy (non-hydrogen) atoms.